The quantitative estimate of drug-likeness (QED) is 0.852. The molecule has 0 radical (unpaired) electrons. The summed E-state index contributed by atoms with van der Waals surface area (Å²) in [4.78, 5) is 18.1. The average Bonchev–Trinajstić information content (AvgIpc) is 2.38. The van der Waals surface area contributed by atoms with Gasteiger partial charge >= 0.3 is 0 Å². The molecular formula is C14H13BrClN3O. The molecule has 0 saturated carbocycles. The first kappa shape index (κ1) is 14.8. The molecule has 2 rings (SSSR count). The molecule has 104 valence electrons. The zero-order chi connectivity index (χ0) is 14.7. The molecule has 1 amide bonds. The number of halogens is 2. The summed E-state index contributed by atoms with van der Waals surface area (Å²) < 4.78 is 0.615. The first-order valence-electron chi connectivity index (χ1n) is 5.87. The van der Waals surface area contributed by atoms with Crippen LogP contribution in [0.4, 0.5) is 11.4 Å². The van der Waals surface area contributed by atoms with Gasteiger partial charge < -0.3 is 10.2 Å². The predicted octanol–water partition coefficient (Wildman–Crippen LogP) is 3.82. The molecule has 0 bridgehead atoms. The molecule has 0 aliphatic carbocycles. The highest BCUT2D eigenvalue weighted by Crippen LogP contribution is 2.28. The maximum atomic E-state index is 12.2. The highest BCUT2D eigenvalue weighted by molar-refractivity contribution is 9.10. The van der Waals surface area contributed by atoms with E-state index >= 15 is 0 Å². The van der Waals surface area contributed by atoms with E-state index in [-0.39, 0.29) is 5.91 Å². The predicted molar refractivity (Wildman–Crippen MR) is 85.7 cm³/mol. The lowest BCUT2D eigenvalue weighted by Gasteiger charge is -2.18. The lowest BCUT2D eigenvalue weighted by atomic mass is 10.2. The van der Waals surface area contributed by atoms with Crippen molar-refractivity contribution < 1.29 is 4.79 Å². The van der Waals surface area contributed by atoms with E-state index in [0.717, 1.165) is 5.69 Å². The van der Waals surface area contributed by atoms with Crippen LogP contribution in [0.1, 0.15) is 10.4 Å². The van der Waals surface area contributed by atoms with Gasteiger partial charge in [-0.15, -0.1) is 0 Å². The summed E-state index contributed by atoms with van der Waals surface area (Å²) in [6, 6.07) is 8.69. The Bertz CT molecular complexity index is 646. The van der Waals surface area contributed by atoms with Crippen LogP contribution >= 0.6 is 27.5 Å². The molecule has 4 nitrogen and oxygen atoms in total. The fourth-order valence-electron chi connectivity index (χ4n) is 1.74. The molecule has 20 heavy (non-hydrogen) atoms. The molecule has 2 aromatic rings. The van der Waals surface area contributed by atoms with Gasteiger partial charge in [0.2, 0.25) is 0 Å². The molecule has 1 heterocycles. The molecule has 0 fully saturated rings. The van der Waals surface area contributed by atoms with E-state index in [4.69, 9.17) is 11.6 Å². The molecule has 1 aromatic carbocycles. The van der Waals surface area contributed by atoms with Crippen molar-refractivity contribution in [3.8, 4) is 0 Å². The second-order valence-electron chi connectivity index (χ2n) is 4.38. The number of benzene rings is 1. The summed E-state index contributed by atoms with van der Waals surface area (Å²) in [6.45, 7) is 0. The van der Waals surface area contributed by atoms with Gasteiger partial charge in [0, 0.05) is 30.9 Å². The third kappa shape index (κ3) is 3.49. The Balaban J connectivity index is 2.30. The Hall–Kier alpha value is -1.59. The maximum absolute atomic E-state index is 12.2. The topological polar surface area (TPSA) is 45.2 Å². The lowest BCUT2D eigenvalue weighted by Crippen LogP contribution is -2.16. The van der Waals surface area contributed by atoms with Crippen LogP contribution in [0.15, 0.2) is 41.1 Å². The number of rotatable bonds is 3. The molecule has 0 unspecified atom stereocenters. The molecular weight excluding hydrogens is 342 g/mol. The van der Waals surface area contributed by atoms with Gasteiger partial charge in [-0.1, -0.05) is 11.6 Å². The van der Waals surface area contributed by atoms with Crippen LogP contribution < -0.4 is 10.2 Å². The summed E-state index contributed by atoms with van der Waals surface area (Å²) in [5.74, 6) is -0.210. The number of nitrogens with one attached hydrogen (secondary N) is 1. The van der Waals surface area contributed by atoms with Gasteiger partial charge in [0.15, 0.2) is 0 Å². The van der Waals surface area contributed by atoms with Crippen LogP contribution in [0.3, 0.4) is 0 Å². The van der Waals surface area contributed by atoms with Crippen LogP contribution in [0.25, 0.3) is 0 Å². The number of amides is 1. The van der Waals surface area contributed by atoms with Crippen molar-refractivity contribution in [2.75, 3.05) is 24.3 Å². The SMILES string of the molecule is CN(C)c1ccc(Cl)cc1NC(=O)c1ccnc(Br)c1. The summed E-state index contributed by atoms with van der Waals surface area (Å²) >= 11 is 9.23. The number of hydrogen-bond acceptors (Lipinski definition) is 3. The number of carbonyl (C=O) groups is 1. The molecule has 6 heteroatoms. The first-order valence-corrected chi connectivity index (χ1v) is 7.04. The molecule has 0 saturated heterocycles. The van der Waals surface area contributed by atoms with Gasteiger partial charge in [0.1, 0.15) is 4.60 Å². The smallest absolute Gasteiger partial charge is 0.255 e. The van der Waals surface area contributed by atoms with E-state index in [0.29, 0.717) is 20.9 Å². The standard InChI is InChI=1S/C14H13BrClN3O/c1-19(2)12-4-3-10(16)8-11(12)18-14(20)9-5-6-17-13(15)7-9/h3-8H,1-2H3,(H,18,20). The van der Waals surface area contributed by atoms with E-state index < -0.39 is 0 Å². The van der Waals surface area contributed by atoms with Gasteiger partial charge in [-0.05, 0) is 46.3 Å². The third-order valence-electron chi connectivity index (χ3n) is 2.68. The normalized spacial score (nSPS) is 10.2. The van der Waals surface area contributed by atoms with E-state index in [2.05, 4.69) is 26.2 Å². The average molecular weight is 355 g/mol. The third-order valence-corrected chi connectivity index (χ3v) is 3.35. The highest BCUT2D eigenvalue weighted by atomic mass is 79.9. The minimum absolute atomic E-state index is 0.210. The van der Waals surface area contributed by atoms with Gasteiger partial charge in [-0.2, -0.15) is 0 Å². The van der Waals surface area contributed by atoms with Crippen molar-refractivity contribution in [2.45, 2.75) is 0 Å². The Morgan fingerprint density at radius 2 is 2.05 bits per heavy atom. The lowest BCUT2D eigenvalue weighted by molar-refractivity contribution is 0.102. The fourth-order valence-corrected chi connectivity index (χ4v) is 2.27. The largest absolute Gasteiger partial charge is 0.376 e. The first-order chi connectivity index (χ1) is 9.47. The Kier molecular flexibility index (Phi) is 4.62. The number of nitrogens with zero attached hydrogens (tertiary/aromatic N) is 2. The van der Waals surface area contributed by atoms with Crippen LogP contribution in [0.5, 0.6) is 0 Å². The van der Waals surface area contributed by atoms with Crippen molar-refractivity contribution in [1.29, 1.82) is 0 Å². The van der Waals surface area contributed by atoms with Crippen LogP contribution in [-0.2, 0) is 0 Å². The second kappa shape index (κ2) is 6.24. The molecule has 0 aliphatic rings. The molecule has 1 aromatic heterocycles. The van der Waals surface area contributed by atoms with Gasteiger partial charge in [0.25, 0.3) is 5.91 Å². The Morgan fingerprint density at radius 3 is 2.70 bits per heavy atom. The monoisotopic (exact) mass is 353 g/mol. The zero-order valence-corrected chi connectivity index (χ0v) is 13.4. The number of anilines is 2. The van der Waals surface area contributed by atoms with Crippen LogP contribution in [0.2, 0.25) is 5.02 Å². The number of pyridine rings is 1. The van der Waals surface area contributed by atoms with E-state index in [1.807, 2.05) is 25.1 Å². The van der Waals surface area contributed by atoms with Crippen molar-refractivity contribution in [2.24, 2.45) is 0 Å². The Labute approximate surface area is 130 Å². The number of hydrogen-bond donors (Lipinski definition) is 1. The van der Waals surface area contributed by atoms with Crippen molar-refractivity contribution in [3.05, 3.63) is 51.7 Å². The highest BCUT2D eigenvalue weighted by Gasteiger charge is 2.11. The van der Waals surface area contributed by atoms with E-state index in [1.165, 1.54) is 0 Å². The van der Waals surface area contributed by atoms with Crippen LogP contribution in [0, 0.1) is 0 Å². The van der Waals surface area contributed by atoms with Crippen molar-refractivity contribution >= 4 is 44.8 Å². The van der Waals surface area contributed by atoms with Gasteiger partial charge in [0.05, 0.1) is 11.4 Å². The maximum Gasteiger partial charge on any atom is 0.255 e. The minimum Gasteiger partial charge on any atom is -0.376 e. The molecule has 1 N–H and O–H groups in total. The Morgan fingerprint density at radius 1 is 1.30 bits per heavy atom. The van der Waals surface area contributed by atoms with E-state index in [1.54, 1.807) is 30.5 Å². The summed E-state index contributed by atoms with van der Waals surface area (Å²) in [7, 11) is 3.81. The summed E-state index contributed by atoms with van der Waals surface area (Å²) in [5.41, 5.74) is 2.08. The summed E-state index contributed by atoms with van der Waals surface area (Å²) in [5, 5.41) is 3.43. The molecule has 0 atom stereocenters. The number of aromatic nitrogens is 1. The minimum atomic E-state index is -0.210. The van der Waals surface area contributed by atoms with E-state index in [9.17, 15) is 4.79 Å². The van der Waals surface area contributed by atoms with Gasteiger partial charge in [-0.3, -0.25) is 4.79 Å². The zero-order valence-electron chi connectivity index (χ0n) is 11.0. The van der Waals surface area contributed by atoms with Crippen LogP contribution in [-0.4, -0.2) is 25.0 Å². The second-order valence-corrected chi connectivity index (χ2v) is 5.63. The molecule has 0 spiro atoms. The van der Waals surface area contributed by atoms with Crippen molar-refractivity contribution in [3.63, 3.8) is 0 Å². The fraction of sp³-hybridized carbons (Fsp3) is 0.143. The summed E-state index contributed by atoms with van der Waals surface area (Å²) in [6.07, 6.45) is 1.57. The van der Waals surface area contributed by atoms with Gasteiger partial charge in [-0.25, -0.2) is 4.98 Å². The molecule has 0 aliphatic heterocycles. The number of carbonyl (C=O) groups excluding carboxylic acids is 1. The van der Waals surface area contributed by atoms with Crippen molar-refractivity contribution in [1.82, 2.24) is 4.98 Å².